The third-order valence-electron chi connectivity index (χ3n) is 3.60. The third kappa shape index (κ3) is 1.99. The first kappa shape index (κ1) is 11.3. The normalized spacial score (nSPS) is 15.9. The summed E-state index contributed by atoms with van der Waals surface area (Å²) < 4.78 is 0. The fraction of sp³-hybridized carbons (Fsp3) is 0.357. The Morgan fingerprint density at radius 3 is 2.72 bits per heavy atom. The summed E-state index contributed by atoms with van der Waals surface area (Å²) in [5.41, 5.74) is 5.92. The Morgan fingerprint density at radius 1 is 1.11 bits per heavy atom. The summed E-state index contributed by atoms with van der Waals surface area (Å²) in [7, 11) is 0. The Kier molecular flexibility index (Phi) is 3.02. The van der Waals surface area contributed by atoms with Crippen LogP contribution in [0.4, 0.5) is 11.4 Å². The Labute approximate surface area is 107 Å². The number of fused-ring (bicyclic) bond motifs is 1. The molecular formula is C14H18N4. The highest BCUT2D eigenvalue weighted by molar-refractivity contribution is 5.93. The molecule has 4 heteroatoms. The quantitative estimate of drug-likeness (QED) is 0.627. The summed E-state index contributed by atoms with van der Waals surface area (Å²) in [4.78, 5) is 6.80. The molecule has 18 heavy (non-hydrogen) atoms. The van der Waals surface area contributed by atoms with Crippen LogP contribution in [0.2, 0.25) is 0 Å². The molecule has 0 aliphatic carbocycles. The molecule has 1 fully saturated rings. The number of nitrogen functional groups attached to an aromatic ring is 1. The number of nitrogens with one attached hydrogen (secondary N) is 1. The minimum atomic E-state index is 0.929. The first-order valence-corrected chi connectivity index (χ1v) is 6.49. The van der Waals surface area contributed by atoms with Gasteiger partial charge in [-0.15, -0.1) is 0 Å². The highest BCUT2D eigenvalue weighted by atomic mass is 15.2. The number of nitrogens with two attached hydrogens (primary N) is 1. The SMILES string of the molecule is NNc1ccnc2ccc(N3CCCCC3)cc12. The van der Waals surface area contributed by atoms with Crippen LogP contribution in [0.15, 0.2) is 30.5 Å². The number of hydrazine groups is 1. The number of anilines is 2. The van der Waals surface area contributed by atoms with Crippen LogP contribution in [0.3, 0.4) is 0 Å². The van der Waals surface area contributed by atoms with Gasteiger partial charge >= 0.3 is 0 Å². The predicted octanol–water partition coefficient (Wildman–Crippen LogP) is 2.51. The van der Waals surface area contributed by atoms with Crippen molar-refractivity contribution < 1.29 is 0 Å². The summed E-state index contributed by atoms with van der Waals surface area (Å²) in [5.74, 6) is 5.55. The second kappa shape index (κ2) is 4.82. The zero-order chi connectivity index (χ0) is 12.4. The van der Waals surface area contributed by atoms with E-state index in [4.69, 9.17) is 5.84 Å². The van der Waals surface area contributed by atoms with E-state index in [-0.39, 0.29) is 0 Å². The average molecular weight is 242 g/mol. The molecule has 2 heterocycles. The lowest BCUT2D eigenvalue weighted by atomic mass is 10.1. The van der Waals surface area contributed by atoms with E-state index in [1.165, 1.54) is 24.9 Å². The van der Waals surface area contributed by atoms with Gasteiger partial charge < -0.3 is 10.3 Å². The topological polar surface area (TPSA) is 54.2 Å². The number of benzene rings is 1. The molecule has 0 saturated carbocycles. The molecule has 4 nitrogen and oxygen atoms in total. The van der Waals surface area contributed by atoms with Gasteiger partial charge in [0.15, 0.2) is 0 Å². The molecular weight excluding hydrogens is 224 g/mol. The molecule has 2 aromatic rings. The third-order valence-corrected chi connectivity index (χ3v) is 3.60. The van der Waals surface area contributed by atoms with Crippen molar-refractivity contribution in [1.29, 1.82) is 0 Å². The minimum absolute atomic E-state index is 0.929. The number of pyridine rings is 1. The monoisotopic (exact) mass is 242 g/mol. The minimum Gasteiger partial charge on any atom is -0.372 e. The summed E-state index contributed by atoms with van der Waals surface area (Å²) in [6, 6.07) is 8.31. The van der Waals surface area contributed by atoms with Crippen LogP contribution in [-0.4, -0.2) is 18.1 Å². The maximum absolute atomic E-state index is 5.55. The van der Waals surface area contributed by atoms with Gasteiger partial charge in [0.1, 0.15) is 0 Å². The van der Waals surface area contributed by atoms with Crippen LogP contribution in [0.1, 0.15) is 19.3 Å². The average Bonchev–Trinajstić information content (AvgIpc) is 2.47. The molecule has 0 spiro atoms. The van der Waals surface area contributed by atoms with Gasteiger partial charge in [-0.25, -0.2) is 0 Å². The Bertz CT molecular complexity index is 546. The van der Waals surface area contributed by atoms with Gasteiger partial charge in [-0.3, -0.25) is 10.8 Å². The van der Waals surface area contributed by atoms with Crippen LogP contribution < -0.4 is 16.2 Å². The Morgan fingerprint density at radius 2 is 1.94 bits per heavy atom. The van der Waals surface area contributed by atoms with Crippen molar-refractivity contribution >= 4 is 22.3 Å². The smallest absolute Gasteiger partial charge is 0.0724 e. The van der Waals surface area contributed by atoms with Gasteiger partial charge in [0.2, 0.25) is 0 Å². The number of hydrogen-bond acceptors (Lipinski definition) is 4. The van der Waals surface area contributed by atoms with E-state index in [2.05, 4.69) is 33.5 Å². The van der Waals surface area contributed by atoms with Crippen molar-refractivity contribution in [2.75, 3.05) is 23.4 Å². The molecule has 3 N–H and O–H groups in total. The zero-order valence-electron chi connectivity index (χ0n) is 10.4. The lowest BCUT2D eigenvalue weighted by molar-refractivity contribution is 0.578. The number of nitrogens with zero attached hydrogens (tertiary/aromatic N) is 2. The first-order chi connectivity index (χ1) is 8.88. The standard InChI is InChI=1S/C14H18N4/c15-17-14-6-7-16-13-5-4-11(10-12(13)14)18-8-2-1-3-9-18/h4-7,10H,1-3,8-9,15H2,(H,16,17). The molecule has 0 unspecified atom stereocenters. The van der Waals surface area contributed by atoms with Crippen molar-refractivity contribution in [2.24, 2.45) is 5.84 Å². The lowest BCUT2D eigenvalue weighted by Crippen LogP contribution is -2.29. The first-order valence-electron chi connectivity index (χ1n) is 6.49. The van der Waals surface area contributed by atoms with E-state index in [0.29, 0.717) is 0 Å². The van der Waals surface area contributed by atoms with Crippen LogP contribution >= 0.6 is 0 Å². The van der Waals surface area contributed by atoms with Gasteiger partial charge in [0.05, 0.1) is 11.2 Å². The molecule has 3 rings (SSSR count). The molecule has 1 saturated heterocycles. The molecule has 1 aromatic heterocycles. The molecule has 94 valence electrons. The van der Waals surface area contributed by atoms with Gasteiger partial charge in [-0.05, 0) is 43.5 Å². The molecule has 1 aliphatic rings. The maximum Gasteiger partial charge on any atom is 0.0724 e. The predicted molar refractivity (Wildman–Crippen MR) is 75.6 cm³/mol. The lowest BCUT2D eigenvalue weighted by Gasteiger charge is -2.29. The summed E-state index contributed by atoms with van der Waals surface area (Å²) >= 11 is 0. The van der Waals surface area contributed by atoms with Gasteiger partial charge in [-0.1, -0.05) is 0 Å². The van der Waals surface area contributed by atoms with E-state index in [1.807, 2.05) is 6.07 Å². The summed E-state index contributed by atoms with van der Waals surface area (Å²) in [5, 5.41) is 1.09. The highest BCUT2D eigenvalue weighted by Crippen LogP contribution is 2.27. The van der Waals surface area contributed by atoms with Gasteiger partial charge in [0.25, 0.3) is 0 Å². The van der Waals surface area contributed by atoms with E-state index >= 15 is 0 Å². The number of rotatable bonds is 2. The molecule has 0 amide bonds. The highest BCUT2D eigenvalue weighted by Gasteiger charge is 2.12. The fourth-order valence-electron chi connectivity index (χ4n) is 2.61. The van der Waals surface area contributed by atoms with Crippen molar-refractivity contribution in [1.82, 2.24) is 4.98 Å². The molecule has 1 aromatic carbocycles. The molecule has 0 radical (unpaired) electrons. The van der Waals surface area contributed by atoms with Crippen molar-refractivity contribution in [3.05, 3.63) is 30.5 Å². The zero-order valence-corrected chi connectivity index (χ0v) is 10.4. The molecule has 1 aliphatic heterocycles. The van der Waals surface area contributed by atoms with E-state index in [9.17, 15) is 0 Å². The molecule has 0 atom stereocenters. The van der Waals surface area contributed by atoms with Gasteiger partial charge in [-0.2, -0.15) is 0 Å². The van der Waals surface area contributed by atoms with Crippen LogP contribution in [0.5, 0.6) is 0 Å². The number of piperidine rings is 1. The van der Waals surface area contributed by atoms with E-state index in [1.54, 1.807) is 6.20 Å². The van der Waals surface area contributed by atoms with Crippen molar-refractivity contribution in [2.45, 2.75) is 19.3 Å². The fourth-order valence-corrected chi connectivity index (χ4v) is 2.61. The second-order valence-corrected chi connectivity index (χ2v) is 4.75. The van der Waals surface area contributed by atoms with Crippen molar-refractivity contribution in [3.63, 3.8) is 0 Å². The maximum atomic E-state index is 5.55. The number of hydrogen-bond donors (Lipinski definition) is 2. The van der Waals surface area contributed by atoms with E-state index < -0.39 is 0 Å². The Hall–Kier alpha value is -1.81. The summed E-state index contributed by atoms with van der Waals surface area (Å²) in [6.45, 7) is 2.30. The van der Waals surface area contributed by atoms with Crippen molar-refractivity contribution in [3.8, 4) is 0 Å². The van der Waals surface area contributed by atoms with Gasteiger partial charge in [0, 0.05) is 30.4 Å². The van der Waals surface area contributed by atoms with Crippen LogP contribution in [-0.2, 0) is 0 Å². The summed E-state index contributed by atoms with van der Waals surface area (Å²) in [6.07, 6.45) is 5.69. The Balaban J connectivity index is 2.03. The number of aromatic nitrogens is 1. The second-order valence-electron chi connectivity index (χ2n) is 4.75. The van der Waals surface area contributed by atoms with E-state index in [0.717, 1.165) is 29.7 Å². The van der Waals surface area contributed by atoms with Crippen LogP contribution in [0.25, 0.3) is 10.9 Å². The largest absolute Gasteiger partial charge is 0.372 e. The van der Waals surface area contributed by atoms with Crippen LogP contribution in [0, 0.1) is 0 Å². The molecule has 0 bridgehead atoms.